The summed E-state index contributed by atoms with van der Waals surface area (Å²) in [5.74, 6) is 1.06. The Balaban J connectivity index is 1.35. The molecule has 4 aliphatic rings. The van der Waals surface area contributed by atoms with Gasteiger partial charge in [-0.05, 0) is 36.8 Å². The third-order valence-electron chi connectivity index (χ3n) is 8.74. The summed E-state index contributed by atoms with van der Waals surface area (Å²) in [7, 11) is 1.55. The minimum absolute atomic E-state index is 0.0250. The molecule has 2 aromatic heterocycles. The smallest absolute Gasteiger partial charge is 0.267 e. The van der Waals surface area contributed by atoms with E-state index in [0.717, 1.165) is 70.7 Å². The summed E-state index contributed by atoms with van der Waals surface area (Å²) < 4.78 is 17.6. The van der Waals surface area contributed by atoms with Crippen molar-refractivity contribution in [1.82, 2.24) is 19.1 Å². The van der Waals surface area contributed by atoms with Crippen LogP contribution in [0, 0.1) is 0 Å². The summed E-state index contributed by atoms with van der Waals surface area (Å²) in [4.78, 5) is 50.8. The second kappa shape index (κ2) is 13.7. The van der Waals surface area contributed by atoms with E-state index in [4.69, 9.17) is 14.5 Å². The van der Waals surface area contributed by atoms with E-state index in [1.165, 1.54) is 5.56 Å². The van der Waals surface area contributed by atoms with E-state index in [9.17, 15) is 9.59 Å². The number of hydrogen-bond acceptors (Lipinski definition) is 12. The molecule has 252 valence electrons. The van der Waals surface area contributed by atoms with Crippen LogP contribution in [0.5, 0.6) is 11.6 Å². The number of benzene rings is 2. The molecule has 0 N–H and O–H groups in total. The highest BCUT2D eigenvalue weighted by Crippen LogP contribution is 2.66. The minimum atomic E-state index is -0.136. The fraction of sp³-hybridized carbons (Fsp3) is 0.371. The van der Waals surface area contributed by atoms with Gasteiger partial charge in [-0.15, -0.1) is 0 Å². The Morgan fingerprint density at radius 1 is 0.776 bits per heavy atom. The molecule has 2 aromatic carbocycles. The van der Waals surface area contributed by atoms with Crippen LogP contribution >= 0.6 is 47.0 Å². The average Bonchev–Trinajstić information content (AvgIpc) is 3.77. The van der Waals surface area contributed by atoms with Crippen LogP contribution in [0.3, 0.4) is 0 Å². The van der Waals surface area contributed by atoms with Gasteiger partial charge in [-0.1, -0.05) is 97.6 Å². The molecule has 0 radical (unpaired) electrons. The van der Waals surface area contributed by atoms with Gasteiger partial charge in [-0.2, -0.15) is 4.98 Å². The van der Waals surface area contributed by atoms with Crippen LogP contribution in [0.1, 0.15) is 49.9 Å². The zero-order valence-corrected chi connectivity index (χ0v) is 30.7. The summed E-state index contributed by atoms with van der Waals surface area (Å²) in [5, 5.41) is 1.13. The van der Waals surface area contributed by atoms with Gasteiger partial charge in [-0.3, -0.25) is 28.7 Å². The fourth-order valence-corrected chi connectivity index (χ4v) is 12.2. The van der Waals surface area contributed by atoms with Crippen LogP contribution in [-0.4, -0.2) is 39.3 Å². The van der Waals surface area contributed by atoms with Gasteiger partial charge in [0.25, 0.3) is 11.1 Å². The molecule has 8 rings (SSSR count). The molecule has 0 saturated heterocycles. The molecule has 4 aromatic rings. The molecule has 0 unspecified atom stereocenters. The Kier molecular flexibility index (Phi) is 9.14. The predicted octanol–water partition coefficient (Wildman–Crippen LogP) is 3.88. The standard InChI is InChI=1S/C35H34N6O4S4/c1-4-11-20-25-27(48-32(46-25)22-21(5-2)38-34-36-14-9-16-40(34)30(22)42)24(45-18-19-12-7-6-8-13-19)28-26(20)47-33(49-28)23-29(44-3)39-35-37-15-10-17-41(35)31(23)43/h6-8,12-13H,4-5,9-11,14-18H2,1-3H3/b32-22+,33-23-. The van der Waals surface area contributed by atoms with E-state index < -0.39 is 0 Å². The summed E-state index contributed by atoms with van der Waals surface area (Å²) >= 11 is 6.39. The molecule has 0 aliphatic carbocycles. The van der Waals surface area contributed by atoms with E-state index in [1.807, 2.05) is 25.1 Å². The summed E-state index contributed by atoms with van der Waals surface area (Å²) in [6.07, 6.45) is 4.03. The zero-order valence-electron chi connectivity index (χ0n) is 27.4. The predicted molar refractivity (Wildman–Crippen MR) is 195 cm³/mol. The first-order valence-corrected chi connectivity index (χ1v) is 19.8. The maximum atomic E-state index is 14.0. The van der Waals surface area contributed by atoms with Crippen LogP contribution in [0.2, 0.25) is 0 Å². The lowest BCUT2D eigenvalue weighted by atomic mass is 10.1. The first-order valence-electron chi connectivity index (χ1n) is 16.5. The van der Waals surface area contributed by atoms with Gasteiger partial charge in [0, 0.05) is 36.0 Å². The molecular formula is C35H34N6O4S4. The molecule has 6 heterocycles. The lowest BCUT2D eigenvalue weighted by Gasteiger charge is -2.17. The maximum absolute atomic E-state index is 14.0. The summed E-state index contributed by atoms with van der Waals surface area (Å²) in [6.45, 7) is 7.14. The van der Waals surface area contributed by atoms with Crippen molar-refractivity contribution in [2.45, 2.75) is 85.2 Å². The highest BCUT2D eigenvalue weighted by molar-refractivity contribution is 8.33. The molecule has 0 spiro atoms. The van der Waals surface area contributed by atoms with E-state index in [0.29, 0.717) is 66.8 Å². The van der Waals surface area contributed by atoms with Crippen molar-refractivity contribution in [1.29, 1.82) is 0 Å². The van der Waals surface area contributed by atoms with Gasteiger partial charge < -0.3 is 9.47 Å². The SMILES string of the molecule is CCCc1c2c(c(OCc3ccccc3)c3c1S/C(=c1/c(CC)nc4n(c1=O)CCCN=4)S3)S/C(=c1/c(OC)nc3n(c1=O)CCCN=3)S2. The third kappa shape index (κ3) is 5.74. The normalized spacial score (nSPS) is 18.2. The van der Waals surface area contributed by atoms with Gasteiger partial charge in [0.1, 0.15) is 17.6 Å². The number of rotatable bonds is 7. The van der Waals surface area contributed by atoms with Crippen molar-refractivity contribution in [2.75, 3.05) is 20.2 Å². The van der Waals surface area contributed by atoms with Crippen molar-refractivity contribution in [3.05, 3.63) is 89.5 Å². The first-order chi connectivity index (χ1) is 24.0. The molecule has 0 fully saturated rings. The number of thioether (sulfide) groups is 4. The average molecular weight is 731 g/mol. The number of methoxy groups -OCH3 is 1. The van der Waals surface area contributed by atoms with E-state index in [1.54, 1.807) is 63.3 Å². The van der Waals surface area contributed by atoms with Crippen LogP contribution in [-0.2, 0) is 32.5 Å². The van der Waals surface area contributed by atoms with E-state index >= 15 is 0 Å². The van der Waals surface area contributed by atoms with Crippen molar-refractivity contribution < 1.29 is 9.47 Å². The van der Waals surface area contributed by atoms with Crippen LogP contribution in [0.4, 0.5) is 0 Å². The quantitative estimate of drug-likeness (QED) is 0.278. The largest absolute Gasteiger partial charge is 0.486 e. The van der Waals surface area contributed by atoms with Gasteiger partial charge >= 0.3 is 0 Å². The highest BCUT2D eigenvalue weighted by atomic mass is 32.2. The fourth-order valence-electron chi connectivity index (χ4n) is 6.40. The van der Waals surface area contributed by atoms with Crippen molar-refractivity contribution in [3.63, 3.8) is 0 Å². The topological polar surface area (TPSA) is 113 Å². The van der Waals surface area contributed by atoms with Crippen LogP contribution in [0.25, 0.3) is 8.47 Å². The molecule has 10 nitrogen and oxygen atoms in total. The number of nitrogens with zero attached hydrogens (tertiary/aromatic N) is 6. The minimum Gasteiger partial charge on any atom is -0.486 e. The van der Waals surface area contributed by atoms with Crippen molar-refractivity contribution in [3.8, 4) is 11.6 Å². The van der Waals surface area contributed by atoms with Gasteiger partial charge in [0.2, 0.25) is 17.1 Å². The lowest BCUT2D eigenvalue weighted by molar-refractivity contribution is 0.288. The number of aryl methyl sites for hydroxylation is 1. The Morgan fingerprint density at radius 3 is 1.98 bits per heavy atom. The monoisotopic (exact) mass is 730 g/mol. The van der Waals surface area contributed by atoms with E-state index in [2.05, 4.69) is 34.0 Å². The van der Waals surface area contributed by atoms with Crippen molar-refractivity contribution in [2.24, 2.45) is 9.98 Å². The number of fused-ring (bicyclic) bond motifs is 4. The molecule has 49 heavy (non-hydrogen) atoms. The second-order valence-corrected chi connectivity index (χ2v) is 16.5. The van der Waals surface area contributed by atoms with Gasteiger partial charge in [-0.25, -0.2) is 4.98 Å². The molecular weight excluding hydrogens is 697 g/mol. The molecule has 0 saturated carbocycles. The summed E-state index contributed by atoms with van der Waals surface area (Å²) in [5.41, 5.74) is 3.83. The van der Waals surface area contributed by atoms with E-state index in [-0.39, 0.29) is 11.1 Å². The first kappa shape index (κ1) is 32.7. The highest BCUT2D eigenvalue weighted by Gasteiger charge is 2.37. The summed E-state index contributed by atoms with van der Waals surface area (Å²) in [6, 6.07) is 10.1. The Morgan fingerprint density at radius 2 is 1.37 bits per heavy atom. The molecule has 0 amide bonds. The Hall–Kier alpha value is -3.46. The number of ether oxygens (including phenoxy) is 2. The Bertz CT molecular complexity index is 2250. The molecule has 4 aliphatic heterocycles. The lowest BCUT2D eigenvalue weighted by Crippen LogP contribution is -2.49. The second-order valence-electron chi connectivity index (χ2n) is 11.9. The van der Waals surface area contributed by atoms with Crippen LogP contribution in [0.15, 0.2) is 69.5 Å². The van der Waals surface area contributed by atoms with Crippen LogP contribution < -0.4 is 42.3 Å². The van der Waals surface area contributed by atoms with Gasteiger partial charge in [0.05, 0.1) is 36.3 Å². The van der Waals surface area contributed by atoms with Gasteiger partial charge in [0.15, 0.2) is 0 Å². The third-order valence-corrected chi connectivity index (χ3v) is 14.1. The number of aromatic nitrogens is 4. The molecule has 0 bridgehead atoms. The number of hydrogen-bond donors (Lipinski definition) is 0. The molecule has 0 atom stereocenters. The van der Waals surface area contributed by atoms with Crippen molar-refractivity contribution >= 4 is 55.5 Å². The maximum Gasteiger partial charge on any atom is 0.267 e. The zero-order chi connectivity index (χ0) is 33.6. The Labute approximate surface area is 299 Å². The molecule has 14 heteroatoms.